The van der Waals surface area contributed by atoms with Crippen molar-refractivity contribution in [2.75, 3.05) is 0 Å². The molecular formula is C12H15NO. The van der Waals surface area contributed by atoms with E-state index in [9.17, 15) is 0 Å². The molecule has 0 saturated heterocycles. The lowest BCUT2D eigenvalue weighted by Gasteiger charge is -2.04. The van der Waals surface area contributed by atoms with E-state index in [1.165, 1.54) is 5.56 Å². The lowest BCUT2D eigenvalue weighted by Crippen LogP contribution is -1.86. The summed E-state index contributed by atoms with van der Waals surface area (Å²) in [5.74, 6) is 0.542. The minimum absolute atomic E-state index is 0.0982. The molecule has 2 aromatic rings. The lowest BCUT2D eigenvalue weighted by atomic mass is 10.0. The summed E-state index contributed by atoms with van der Waals surface area (Å²) < 4.78 is 0. The zero-order valence-electron chi connectivity index (χ0n) is 8.54. The molecule has 14 heavy (non-hydrogen) atoms. The van der Waals surface area contributed by atoms with Crippen LogP contribution in [0.4, 0.5) is 0 Å². The third-order valence-corrected chi connectivity index (χ3v) is 2.63. The van der Waals surface area contributed by atoms with Gasteiger partial charge in [-0.3, -0.25) is 0 Å². The first-order valence-electron chi connectivity index (χ1n) is 4.93. The van der Waals surface area contributed by atoms with Crippen molar-refractivity contribution >= 4 is 10.9 Å². The van der Waals surface area contributed by atoms with Crippen LogP contribution in [0.5, 0.6) is 0 Å². The molecule has 0 atom stereocenters. The van der Waals surface area contributed by atoms with E-state index >= 15 is 0 Å². The zero-order chi connectivity index (χ0) is 10.1. The van der Waals surface area contributed by atoms with E-state index in [0.29, 0.717) is 5.92 Å². The van der Waals surface area contributed by atoms with Gasteiger partial charge >= 0.3 is 0 Å². The van der Waals surface area contributed by atoms with Gasteiger partial charge in [0.25, 0.3) is 0 Å². The summed E-state index contributed by atoms with van der Waals surface area (Å²) in [6, 6.07) is 6.35. The molecule has 2 rings (SSSR count). The fraction of sp³-hybridized carbons (Fsp3) is 0.333. The van der Waals surface area contributed by atoms with Crippen LogP contribution in [-0.4, -0.2) is 10.1 Å². The third-order valence-electron chi connectivity index (χ3n) is 2.63. The Morgan fingerprint density at radius 3 is 2.79 bits per heavy atom. The second kappa shape index (κ2) is 3.46. The number of H-pyrrole nitrogens is 1. The first-order valence-corrected chi connectivity index (χ1v) is 4.93. The summed E-state index contributed by atoms with van der Waals surface area (Å²) in [6.07, 6.45) is 1.87. The van der Waals surface area contributed by atoms with Crippen LogP contribution in [-0.2, 0) is 6.61 Å². The normalized spacial score (nSPS) is 11.4. The molecule has 2 heteroatoms. The predicted molar refractivity (Wildman–Crippen MR) is 58.3 cm³/mol. The Kier molecular flexibility index (Phi) is 2.30. The highest BCUT2D eigenvalue weighted by molar-refractivity contribution is 5.83. The van der Waals surface area contributed by atoms with Gasteiger partial charge in [-0.25, -0.2) is 0 Å². The fourth-order valence-electron chi connectivity index (χ4n) is 1.69. The number of aromatic amines is 1. The third kappa shape index (κ3) is 1.42. The summed E-state index contributed by atoms with van der Waals surface area (Å²) >= 11 is 0. The predicted octanol–water partition coefficient (Wildman–Crippen LogP) is 2.78. The van der Waals surface area contributed by atoms with Crippen LogP contribution in [0.15, 0.2) is 24.4 Å². The van der Waals surface area contributed by atoms with Crippen LogP contribution in [0.3, 0.4) is 0 Å². The Bertz CT molecular complexity index is 443. The van der Waals surface area contributed by atoms with Gasteiger partial charge in [0.2, 0.25) is 0 Å². The van der Waals surface area contributed by atoms with Crippen LogP contribution in [0.1, 0.15) is 30.9 Å². The van der Waals surface area contributed by atoms with Gasteiger partial charge in [0.1, 0.15) is 0 Å². The summed E-state index contributed by atoms with van der Waals surface area (Å²) in [5.41, 5.74) is 3.40. The Morgan fingerprint density at radius 2 is 2.14 bits per heavy atom. The monoisotopic (exact) mass is 189 g/mol. The van der Waals surface area contributed by atoms with E-state index in [4.69, 9.17) is 5.11 Å². The van der Waals surface area contributed by atoms with Crippen LogP contribution in [0.2, 0.25) is 0 Å². The van der Waals surface area contributed by atoms with Crippen molar-refractivity contribution in [2.24, 2.45) is 0 Å². The Labute approximate surface area is 83.6 Å². The molecule has 0 amide bonds. The van der Waals surface area contributed by atoms with E-state index in [-0.39, 0.29) is 6.61 Å². The average molecular weight is 189 g/mol. The maximum absolute atomic E-state index is 9.08. The van der Waals surface area contributed by atoms with Gasteiger partial charge in [-0.1, -0.05) is 26.0 Å². The number of benzene rings is 1. The second-order valence-corrected chi connectivity index (χ2v) is 3.93. The van der Waals surface area contributed by atoms with Gasteiger partial charge in [0.15, 0.2) is 0 Å². The molecule has 2 nitrogen and oxygen atoms in total. The summed E-state index contributed by atoms with van der Waals surface area (Å²) in [7, 11) is 0. The summed E-state index contributed by atoms with van der Waals surface area (Å²) in [6.45, 7) is 4.45. The van der Waals surface area contributed by atoms with Crippen LogP contribution < -0.4 is 0 Å². The number of rotatable bonds is 2. The van der Waals surface area contributed by atoms with Gasteiger partial charge in [-0.2, -0.15) is 0 Å². The Hall–Kier alpha value is -1.28. The number of hydrogen-bond acceptors (Lipinski definition) is 1. The Morgan fingerprint density at radius 1 is 1.36 bits per heavy atom. The van der Waals surface area contributed by atoms with Gasteiger partial charge in [0.05, 0.1) is 6.61 Å². The molecule has 74 valence electrons. The minimum Gasteiger partial charge on any atom is -0.392 e. The van der Waals surface area contributed by atoms with Crippen molar-refractivity contribution in [1.29, 1.82) is 0 Å². The first kappa shape index (κ1) is 9.28. The average Bonchev–Trinajstić information content (AvgIpc) is 2.59. The molecule has 1 aromatic carbocycles. The first-order chi connectivity index (χ1) is 6.72. The highest BCUT2D eigenvalue weighted by Gasteiger charge is 2.04. The Balaban J connectivity index is 2.57. The molecule has 1 heterocycles. The summed E-state index contributed by atoms with van der Waals surface area (Å²) in [5, 5.41) is 10.2. The molecule has 0 aliphatic heterocycles. The van der Waals surface area contributed by atoms with Gasteiger partial charge < -0.3 is 10.1 Å². The molecule has 0 aliphatic carbocycles. The number of aliphatic hydroxyl groups excluding tert-OH is 1. The van der Waals surface area contributed by atoms with Gasteiger partial charge in [0, 0.05) is 22.7 Å². The number of aliphatic hydroxyl groups is 1. The van der Waals surface area contributed by atoms with Crippen molar-refractivity contribution in [3.8, 4) is 0 Å². The maximum Gasteiger partial charge on any atom is 0.0702 e. The van der Waals surface area contributed by atoms with Crippen molar-refractivity contribution in [3.63, 3.8) is 0 Å². The molecule has 0 bridgehead atoms. The molecule has 1 aromatic heterocycles. The molecular weight excluding hydrogens is 174 g/mol. The molecule has 0 saturated carbocycles. The topological polar surface area (TPSA) is 36.0 Å². The quantitative estimate of drug-likeness (QED) is 0.748. The number of fused-ring (bicyclic) bond motifs is 1. The standard InChI is InChI=1S/C12H15NO/c1-8(2)9-3-4-11-10(7-14)6-13-12(11)5-9/h3-6,8,13-14H,7H2,1-2H3. The van der Waals surface area contributed by atoms with E-state index < -0.39 is 0 Å². The van der Waals surface area contributed by atoms with Crippen LogP contribution in [0.25, 0.3) is 10.9 Å². The molecule has 2 N–H and O–H groups in total. The summed E-state index contributed by atoms with van der Waals surface area (Å²) in [4.78, 5) is 3.17. The molecule has 0 unspecified atom stereocenters. The van der Waals surface area contributed by atoms with Crippen molar-refractivity contribution in [1.82, 2.24) is 4.98 Å². The van der Waals surface area contributed by atoms with Crippen molar-refractivity contribution < 1.29 is 5.11 Å². The molecule has 0 aliphatic rings. The lowest BCUT2D eigenvalue weighted by molar-refractivity contribution is 0.283. The number of nitrogens with one attached hydrogen (secondary N) is 1. The second-order valence-electron chi connectivity index (χ2n) is 3.93. The smallest absolute Gasteiger partial charge is 0.0702 e. The highest BCUT2D eigenvalue weighted by atomic mass is 16.3. The minimum atomic E-state index is 0.0982. The van der Waals surface area contributed by atoms with Crippen molar-refractivity contribution in [2.45, 2.75) is 26.4 Å². The van der Waals surface area contributed by atoms with Gasteiger partial charge in [-0.05, 0) is 17.5 Å². The van der Waals surface area contributed by atoms with E-state index in [2.05, 4.69) is 37.0 Å². The highest BCUT2D eigenvalue weighted by Crippen LogP contribution is 2.23. The van der Waals surface area contributed by atoms with Crippen LogP contribution in [0, 0.1) is 0 Å². The van der Waals surface area contributed by atoms with E-state index in [1.54, 1.807) is 0 Å². The van der Waals surface area contributed by atoms with E-state index in [1.807, 2.05) is 6.20 Å². The van der Waals surface area contributed by atoms with E-state index in [0.717, 1.165) is 16.5 Å². The maximum atomic E-state index is 9.08. The zero-order valence-corrected chi connectivity index (χ0v) is 8.54. The molecule has 0 spiro atoms. The SMILES string of the molecule is CC(C)c1ccc2c(CO)c[nH]c2c1. The molecule has 0 radical (unpaired) electrons. The number of aromatic nitrogens is 1. The molecule has 0 fully saturated rings. The largest absolute Gasteiger partial charge is 0.392 e. The van der Waals surface area contributed by atoms with Crippen LogP contribution >= 0.6 is 0 Å². The van der Waals surface area contributed by atoms with Gasteiger partial charge in [-0.15, -0.1) is 0 Å². The number of hydrogen-bond donors (Lipinski definition) is 2. The fourth-order valence-corrected chi connectivity index (χ4v) is 1.69. The van der Waals surface area contributed by atoms with Crippen molar-refractivity contribution in [3.05, 3.63) is 35.5 Å².